The summed E-state index contributed by atoms with van der Waals surface area (Å²) in [5.74, 6) is -0.395. The second kappa shape index (κ2) is 8.70. The van der Waals surface area contributed by atoms with Gasteiger partial charge < -0.3 is 20.1 Å². The normalized spacial score (nSPS) is 14.8. The van der Waals surface area contributed by atoms with Gasteiger partial charge in [-0.2, -0.15) is 0 Å². The summed E-state index contributed by atoms with van der Waals surface area (Å²) in [7, 11) is 1.53. The molecule has 1 aromatic rings. The zero-order valence-corrected chi connectivity index (χ0v) is 14.4. The average Bonchev–Trinajstić information content (AvgIpc) is 2.74. The molecule has 1 atom stereocenters. The van der Waals surface area contributed by atoms with Crippen LogP contribution in [-0.4, -0.2) is 49.9 Å². The Balaban J connectivity index is 1.99. The quantitative estimate of drug-likeness (QED) is 0.594. The maximum atomic E-state index is 12.2. The van der Waals surface area contributed by atoms with Crippen molar-refractivity contribution >= 4 is 35.2 Å². The van der Waals surface area contributed by atoms with Crippen LogP contribution >= 0.6 is 11.8 Å². The van der Waals surface area contributed by atoms with E-state index in [2.05, 4.69) is 10.6 Å². The van der Waals surface area contributed by atoms with Crippen LogP contribution in [0.5, 0.6) is 0 Å². The molecule has 0 radical (unpaired) electrons. The minimum Gasteiger partial charge on any atom is -0.449 e. The molecule has 1 aliphatic heterocycles. The highest BCUT2D eigenvalue weighted by atomic mass is 32.2. The number of hydrogen-bond acceptors (Lipinski definition) is 6. The molecule has 130 valence electrons. The van der Waals surface area contributed by atoms with Crippen molar-refractivity contribution in [2.45, 2.75) is 24.3 Å². The van der Waals surface area contributed by atoms with Gasteiger partial charge >= 0.3 is 5.97 Å². The van der Waals surface area contributed by atoms with Crippen LogP contribution in [-0.2, 0) is 19.1 Å². The first kappa shape index (κ1) is 18.3. The fraction of sp³-hybridized carbons (Fsp3) is 0.438. The number of esters is 1. The molecule has 24 heavy (non-hydrogen) atoms. The molecule has 2 rings (SSSR count). The lowest BCUT2D eigenvalue weighted by Crippen LogP contribution is -2.37. The van der Waals surface area contributed by atoms with E-state index in [0.717, 1.165) is 4.90 Å². The molecular weight excluding hydrogens is 332 g/mol. The third-order valence-corrected chi connectivity index (χ3v) is 4.41. The molecule has 0 spiro atoms. The fourth-order valence-corrected chi connectivity index (χ4v) is 2.99. The van der Waals surface area contributed by atoms with Crippen LogP contribution in [0.15, 0.2) is 23.1 Å². The van der Waals surface area contributed by atoms with Gasteiger partial charge in [0, 0.05) is 30.7 Å². The lowest BCUT2D eigenvalue weighted by Gasteiger charge is -2.14. The molecule has 0 aliphatic carbocycles. The molecule has 8 heteroatoms. The Hall–Kier alpha value is -2.06. The van der Waals surface area contributed by atoms with Gasteiger partial charge in [0.25, 0.3) is 5.91 Å². The highest BCUT2D eigenvalue weighted by Crippen LogP contribution is 2.31. The second-order valence-electron chi connectivity index (χ2n) is 5.19. The summed E-state index contributed by atoms with van der Waals surface area (Å²) in [5, 5.41) is 5.37. The van der Waals surface area contributed by atoms with Gasteiger partial charge in [0.05, 0.1) is 17.9 Å². The van der Waals surface area contributed by atoms with Gasteiger partial charge in [0.2, 0.25) is 5.91 Å². The Morgan fingerprint density at radius 1 is 1.42 bits per heavy atom. The summed E-state index contributed by atoms with van der Waals surface area (Å²) in [6.07, 6.45) is -0.491. The Morgan fingerprint density at radius 3 is 2.96 bits per heavy atom. The highest BCUT2D eigenvalue weighted by Gasteiger charge is 2.20. The van der Waals surface area contributed by atoms with E-state index in [1.165, 1.54) is 14.0 Å². The Morgan fingerprint density at radius 2 is 2.21 bits per heavy atom. The molecule has 0 saturated carbocycles. The number of anilines is 1. The van der Waals surface area contributed by atoms with E-state index in [0.29, 0.717) is 31.0 Å². The van der Waals surface area contributed by atoms with E-state index in [-0.39, 0.29) is 17.4 Å². The zero-order valence-electron chi connectivity index (χ0n) is 13.6. The second-order valence-corrected chi connectivity index (χ2v) is 6.33. The Bertz CT molecular complexity index is 635. The number of hydrogen-bond donors (Lipinski definition) is 2. The van der Waals surface area contributed by atoms with Crippen molar-refractivity contribution in [3.8, 4) is 0 Å². The molecule has 2 amide bonds. The first-order valence-electron chi connectivity index (χ1n) is 7.55. The van der Waals surface area contributed by atoms with Crippen LogP contribution in [0, 0.1) is 0 Å². The zero-order chi connectivity index (χ0) is 17.5. The Labute approximate surface area is 144 Å². The molecule has 7 nitrogen and oxygen atoms in total. The van der Waals surface area contributed by atoms with Gasteiger partial charge in [-0.25, -0.2) is 4.79 Å². The monoisotopic (exact) mass is 352 g/mol. The van der Waals surface area contributed by atoms with Crippen LogP contribution in [0.1, 0.15) is 23.7 Å². The van der Waals surface area contributed by atoms with Crippen molar-refractivity contribution in [3.05, 3.63) is 23.8 Å². The lowest BCUT2D eigenvalue weighted by atomic mass is 10.2. The van der Waals surface area contributed by atoms with Crippen molar-refractivity contribution < 1.29 is 23.9 Å². The van der Waals surface area contributed by atoms with E-state index < -0.39 is 12.1 Å². The predicted octanol–water partition coefficient (Wildman–Crippen LogP) is 1.43. The standard InChI is InChI=1S/C16H20N2O5S/c1-10(15(20)17-6-7-22-2)23-16(21)11-3-4-13-12(9-11)18-14(19)5-8-24-13/h3-4,9-10H,5-8H2,1-2H3,(H,17,20)(H,18,19)/t10-/m0/s1. The number of ether oxygens (including phenoxy) is 2. The van der Waals surface area contributed by atoms with Crippen molar-refractivity contribution in [3.63, 3.8) is 0 Å². The molecule has 0 saturated heterocycles. The largest absolute Gasteiger partial charge is 0.449 e. The summed E-state index contributed by atoms with van der Waals surface area (Å²) in [5.41, 5.74) is 0.877. The van der Waals surface area contributed by atoms with Gasteiger partial charge in [-0.3, -0.25) is 9.59 Å². The first-order valence-corrected chi connectivity index (χ1v) is 8.54. The molecule has 2 N–H and O–H groups in total. The first-order chi connectivity index (χ1) is 11.5. The predicted molar refractivity (Wildman–Crippen MR) is 90.2 cm³/mol. The SMILES string of the molecule is COCCNC(=O)[C@H](C)OC(=O)c1ccc2c(c1)NC(=O)CCS2. The van der Waals surface area contributed by atoms with Gasteiger partial charge in [-0.1, -0.05) is 0 Å². The highest BCUT2D eigenvalue weighted by molar-refractivity contribution is 7.99. The lowest BCUT2D eigenvalue weighted by molar-refractivity contribution is -0.129. The minimum atomic E-state index is -0.919. The number of rotatable bonds is 6. The van der Waals surface area contributed by atoms with Gasteiger partial charge in [-0.05, 0) is 25.1 Å². The van der Waals surface area contributed by atoms with Crippen molar-refractivity contribution in [2.24, 2.45) is 0 Å². The smallest absolute Gasteiger partial charge is 0.338 e. The summed E-state index contributed by atoms with van der Waals surface area (Å²) >= 11 is 1.55. The number of thioether (sulfide) groups is 1. The van der Waals surface area contributed by atoms with Gasteiger partial charge in [0.15, 0.2) is 6.10 Å². The summed E-state index contributed by atoms with van der Waals surface area (Å²) < 4.78 is 10.0. The molecular formula is C16H20N2O5S. The number of methoxy groups -OCH3 is 1. The van der Waals surface area contributed by atoms with Crippen LogP contribution in [0.25, 0.3) is 0 Å². The summed E-state index contributed by atoms with van der Waals surface area (Å²) in [6, 6.07) is 4.97. The molecule has 1 aliphatic rings. The van der Waals surface area contributed by atoms with Gasteiger partial charge in [-0.15, -0.1) is 11.8 Å². The topological polar surface area (TPSA) is 93.7 Å². The average molecular weight is 352 g/mol. The molecule has 0 aromatic heterocycles. The molecule has 1 aromatic carbocycles. The van der Waals surface area contributed by atoms with E-state index in [1.807, 2.05) is 0 Å². The van der Waals surface area contributed by atoms with E-state index in [1.54, 1.807) is 30.0 Å². The molecule has 0 fully saturated rings. The minimum absolute atomic E-state index is 0.0855. The number of carbonyl (C=O) groups is 3. The molecule has 0 bridgehead atoms. The number of benzene rings is 1. The van der Waals surface area contributed by atoms with Crippen LogP contribution < -0.4 is 10.6 Å². The number of fused-ring (bicyclic) bond motifs is 1. The third-order valence-electron chi connectivity index (χ3n) is 3.33. The molecule has 1 heterocycles. The third kappa shape index (κ3) is 4.97. The maximum Gasteiger partial charge on any atom is 0.338 e. The van der Waals surface area contributed by atoms with Crippen molar-refractivity contribution in [1.29, 1.82) is 0 Å². The van der Waals surface area contributed by atoms with Crippen LogP contribution in [0.4, 0.5) is 5.69 Å². The van der Waals surface area contributed by atoms with Crippen molar-refractivity contribution in [2.75, 3.05) is 31.3 Å². The summed E-state index contributed by atoms with van der Waals surface area (Å²) in [4.78, 5) is 36.5. The Kier molecular flexibility index (Phi) is 6.62. The number of nitrogens with one attached hydrogen (secondary N) is 2. The number of carbonyl (C=O) groups excluding carboxylic acids is 3. The van der Waals surface area contributed by atoms with E-state index in [4.69, 9.17) is 9.47 Å². The number of amides is 2. The van der Waals surface area contributed by atoms with Crippen LogP contribution in [0.3, 0.4) is 0 Å². The van der Waals surface area contributed by atoms with E-state index in [9.17, 15) is 14.4 Å². The van der Waals surface area contributed by atoms with Crippen LogP contribution in [0.2, 0.25) is 0 Å². The summed E-state index contributed by atoms with van der Waals surface area (Å²) in [6.45, 7) is 2.23. The maximum absolute atomic E-state index is 12.2. The van der Waals surface area contributed by atoms with E-state index >= 15 is 0 Å². The fourth-order valence-electron chi connectivity index (χ4n) is 2.05. The molecule has 0 unspecified atom stereocenters. The van der Waals surface area contributed by atoms with Gasteiger partial charge in [0.1, 0.15) is 0 Å². The van der Waals surface area contributed by atoms with Crippen molar-refractivity contribution in [1.82, 2.24) is 5.32 Å².